The van der Waals surface area contributed by atoms with Crippen molar-refractivity contribution in [2.45, 2.75) is 39.7 Å². The molecule has 0 aliphatic carbocycles. The van der Waals surface area contributed by atoms with Gasteiger partial charge in [-0.15, -0.1) is 0 Å². The molecule has 1 heterocycles. The molecule has 1 aromatic heterocycles. The van der Waals surface area contributed by atoms with E-state index in [1.165, 1.54) is 0 Å². The normalized spacial score (nSPS) is 11.5. The molecule has 0 aliphatic heterocycles. The standard InChI is InChI=1S/C23H26N4O5/c1-14-6-5-7-19(15(14)2)31-16(3)23(29)26-25-20(28)12-13-21-24-22(27-32-21)17-8-10-18(30-4)11-9-17/h5-11,16H,12-13H2,1-4H3,(H,25,28)(H,26,29). The average Bonchev–Trinajstić information content (AvgIpc) is 3.28. The summed E-state index contributed by atoms with van der Waals surface area (Å²) in [7, 11) is 1.59. The second-order valence-corrected chi connectivity index (χ2v) is 7.24. The minimum absolute atomic E-state index is 0.0662. The van der Waals surface area contributed by atoms with Gasteiger partial charge in [-0.3, -0.25) is 20.4 Å². The molecule has 0 radical (unpaired) electrons. The Morgan fingerprint density at radius 2 is 1.84 bits per heavy atom. The third kappa shape index (κ3) is 5.84. The number of nitrogens with zero attached hydrogens (tertiary/aromatic N) is 2. The molecule has 2 aromatic carbocycles. The van der Waals surface area contributed by atoms with E-state index in [1.807, 2.05) is 38.1 Å². The van der Waals surface area contributed by atoms with Crippen molar-refractivity contribution in [3.8, 4) is 22.9 Å². The van der Waals surface area contributed by atoms with Crippen LogP contribution >= 0.6 is 0 Å². The average molecular weight is 438 g/mol. The first-order chi connectivity index (χ1) is 15.4. The van der Waals surface area contributed by atoms with Gasteiger partial charge in [0.05, 0.1) is 7.11 Å². The highest BCUT2D eigenvalue weighted by Crippen LogP contribution is 2.22. The molecule has 0 saturated heterocycles. The van der Waals surface area contributed by atoms with Crippen molar-refractivity contribution < 1.29 is 23.6 Å². The van der Waals surface area contributed by atoms with Gasteiger partial charge < -0.3 is 14.0 Å². The fraction of sp³-hybridized carbons (Fsp3) is 0.304. The molecule has 2 N–H and O–H groups in total. The highest BCUT2D eigenvalue weighted by Gasteiger charge is 2.17. The number of amides is 2. The minimum atomic E-state index is -0.779. The van der Waals surface area contributed by atoms with Gasteiger partial charge in [0.1, 0.15) is 11.5 Å². The molecule has 0 aliphatic rings. The van der Waals surface area contributed by atoms with Gasteiger partial charge in [-0.2, -0.15) is 4.98 Å². The highest BCUT2D eigenvalue weighted by atomic mass is 16.5. The predicted octanol–water partition coefficient (Wildman–Crippen LogP) is 2.91. The summed E-state index contributed by atoms with van der Waals surface area (Å²) in [6.45, 7) is 5.51. The predicted molar refractivity (Wildman–Crippen MR) is 117 cm³/mol. The molecule has 9 heteroatoms. The summed E-state index contributed by atoms with van der Waals surface area (Å²) < 4.78 is 16.0. The largest absolute Gasteiger partial charge is 0.497 e. The Labute approximate surface area is 186 Å². The zero-order chi connectivity index (χ0) is 23.1. The molecule has 2 amide bonds. The van der Waals surface area contributed by atoms with Crippen molar-refractivity contribution >= 4 is 11.8 Å². The molecule has 9 nitrogen and oxygen atoms in total. The van der Waals surface area contributed by atoms with E-state index < -0.39 is 12.0 Å². The van der Waals surface area contributed by atoms with E-state index in [0.29, 0.717) is 17.5 Å². The maximum Gasteiger partial charge on any atom is 0.279 e. The van der Waals surface area contributed by atoms with Crippen LogP contribution < -0.4 is 20.3 Å². The molecule has 168 valence electrons. The van der Waals surface area contributed by atoms with E-state index in [-0.39, 0.29) is 18.7 Å². The molecular weight excluding hydrogens is 412 g/mol. The SMILES string of the molecule is COc1ccc(-c2noc(CCC(=O)NNC(=O)C(C)Oc3cccc(C)c3C)n2)cc1. The number of hydrogen-bond donors (Lipinski definition) is 2. The summed E-state index contributed by atoms with van der Waals surface area (Å²) in [5, 5.41) is 3.93. The molecule has 3 rings (SSSR count). The Morgan fingerprint density at radius 3 is 2.56 bits per heavy atom. The van der Waals surface area contributed by atoms with Crippen molar-refractivity contribution in [2.75, 3.05) is 7.11 Å². The number of aryl methyl sites for hydroxylation is 2. The first-order valence-corrected chi connectivity index (χ1v) is 10.2. The zero-order valence-corrected chi connectivity index (χ0v) is 18.5. The molecular formula is C23H26N4O5. The van der Waals surface area contributed by atoms with E-state index in [4.69, 9.17) is 14.0 Å². The van der Waals surface area contributed by atoms with Crippen molar-refractivity contribution in [3.63, 3.8) is 0 Å². The number of benzene rings is 2. The van der Waals surface area contributed by atoms with E-state index in [2.05, 4.69) is 21.0 Å². The van der Waals surface area contributed by atoms with Gasteiger partial charge in [0.25, 0.3) is 5.91 Å². The van der Waals surface area contributed by atoms with Crippen LogP contribution in [-0.4, -0.2) is 35.2 Å². The van der Waals surface area contributed by atoms with Crippen molar-refractivity contribution in [1.82, 2.24) is 21.0 Å². The van der Waals surface area contributed by atoms with Crippen LogP contribution in [0.15, 0.2) is 47.0 Å². The monoisotopic (exact) mass is 438 g/mol. The maximum atomic E-state index is 12.2. The maximum absolute atomic E-state index is 12.2. The number of nitrogens with one attached hydrogen (secondary N) is 2. The van der Waals surface area contributed by atoms with Gasteiger partial charge in [-0.05, 0) is 62.2 Å². The number of carbonyl (C=O) groups is 2. The van der Waals surface area contributed by atoms with Gasteiger partial charge >= 0.3 is 0 Å². The van der Waals surface area contributed by atoms with Crippen LogP contribution in [0.5, 0.6) is 11.5 Å². The summed E-state index contributed by atoms with van der Waals surface area (Å²) in [5.74, 6) is 1.26. The third-order valence-electron chi connectivity index (χ3n) is 4.94. The van der Waals surface area contributed by atoms with Gasteiger partial charge in [-0.25, -0.2) is 0 Å². The van der Waals surface area contributed by atoms with Crippen molar-refractivity contribution in [3.05, 3.63) is 59.5 Å². The molecule has 1 atom stereocenters. The lowest BCUT2D eigenvalue weighted by molar-refractivity contribution is -0.132. The Morgan fingerprint density at radius 1 is 1.09 bits per heavy atom. The van der Waals surface area contributed by atoms with Crippen molar-refractivity contribution in [1.29, 1.82) is 0 Å². The van der Waals surface area contributed by atoms with Crippen molar-refractivity contribution in [2.24, 2.45) is 0 Å². The molecule has 0 bridgehead atoms. The lowest BCUT2D eigenvalue weighted by atomic mass is 10.1. The molecule has 32 heavy (non-hydrogen) atoms. The second-order valence-electron chi connectivity index (χ2n) is 7.24. The van der Waals surface area contributed by atoms with Crippen LogP contribution in [-0.2, 0) is 16.0 Å². The van der Waals surface area contributed by atoms with Gasteiger partial charge in [0, 0.05) is 18.4 Å². The third-order valence-corrected chi connectivity index (χ3v) is 4.94. The number of ether oxygens (including phenoxy) is 2. The molecule has 3 aromatic rings. The number of rotatable bonds is 8. The number of methoxy groups -OCH3 is 1. The smallest absolute Gasteiger partial charge is 0.279 e. The summed E-state index contributed by atoms with van der Waals surface area (Å²) in [6.07, 6.45) is -0.477. The lowest BCUT2D eigenvalue weighted by Crippen LogP contribution is -2.47. The van der Waals surface area contributed by atoms with Gasteiger partial charge in [0.15, 0.2) is 6.10 Å². The summed E-state index contributed by atoms with van der Waals surface area (Å²) in [5.41, 5.74) is 7.55. The number of carbonyl (C=O) groups excluding carboxylic acids is 2. The van der Waals surface area contributed by atoms with Crippen LogP contribution in [0, 0.1) is 13.8 Å². The van der Waals surface area contributed by atoms with Crippen LogP contribution in [0.3, 0.4) is 0 Å². The van der Waals surface area contributed by atoms with E-state index in [1.54, 1.807) is 32.2 Å². The number of aromatic nitrogens is 2. The van der Waals surface area contributed by atoms with Gasteiger partial charge in [0.2, 0.25) is 17.6 Å². The quantitative estimate of drug-likeness (QED) is 0.520. The van der Waals surface area contributed by atoms with Crippen LogP contribution in [0.25, 0.3) is 11.4 Å². The van der Waals surface area contributed by atoms with E-state index in [9.17, 15) is 9.59 Å². The van der Waals surface area contributed by atoms with Crippen LogP contribution in [0.1, 0.15) is 30.4 Å². The Bertz CT molecular complexity index is 1080. The Hall–Kier alpha value is -3.88. The topological polar surface area (TPSA) is 116 Å². The fourth-order valence-electron chi connectivity index (χ4n) is 2.83. The first kappa shape index (κ1) is 22.8. The lowest BCUT2D eigenvalue weighted by Gasteiger charge is -2.17. The molecule has 0 saturated carbocycles. The highest BCUT2D eigenvalue weighted by molar-refractivity contribution is 5.84. The first-order valence-electron chi connectivity index (χ1n) is 10.2. The van der Waals surface area contributed by atoms with Crippen LogP contribution in [0.2, 0.25) is 0 Å². The Kier molecular flexibility index (Phi) is 7.43. The van der Waals surface area contributed by atoms with E-state index >= 15 is 0 Å². The van der Waals surface area contributed by atoms with Gasteiger partial charge in [-0.1, -0.05) is 17.3 Å². The second kappa shape index (κ2) is 10.4. The number of hydrogen-bond acceptors (Lipinski definition) is 7. The molecule has 1 unspecified atom stereocenters. The van der Waals surface area contributed by atoms with Crippen LogP contribution in [0.4, 0.5) is 0 Å². The summed E-state index contributed by atoms with van der Waals surface area (Å²) in [6, 6.07) is 12.9. The van der Waals surface area contributed by atoms with E-state index in [0.717, 1.165) is 22.4 Å². The minimum Gasteiger partial charge on any atom is -0.497 e. The molecule has 0 spiro atoms. The fourth-order valence-corrected chi connectivity index (χ4v) is 2.83. The number of hydrazine groups is 1. The zero-order valence-electron chi connectivity index (χ0n) is 18.5. The summed E-state index contributed by atoms with van der Waals surface area (Å²) in [4.78, 5) is 28.6. The molecule has 0 fully saturated rings. The summed E-state index contributed by atoms with van der Waals surface area (Å²) >= 11 is 0. The Balaban J connectivity index is 1.44.